The number of rotatable bonds is 5. The predicted molar refractivity (Wildman–Crippen MR) is 83.0 cm³/mol. The fraction of sp³-hybridized carbons (Fsp3) is 0.375. The Balaban J connectivity index is 2.14. The quantitative estimate of drug-likeness (QED) is 0.822. The van der Waals surface area contributed by atoms with Crippen LogP contribution in [0.2, 0.25) is 0 Å². The second-order valence-electron chi connectivity index (χ2n) is 4.94. The summed E-state index contributed by atoms with van der Waals surface area (Å²) in [6.07, 6.45) is 1.03. The summed E-state index contributed by atoms with van der Waals surface area (Å²) in [4.78, 5) is 15.4. The van der Waals surface area contributed by atoms with E-state index in [-0.39, 0.29) is 5.91 Å². The predicted octanol–water partition coefficient (Wildman–Crippen LogP) is 2.65. The van der Waals surface area contributed by atoms with Crippen molar-refractivity contribution in [1.29, 1.82) is 0 Å². The smallest absolute Gasteiger partial charge is 0.216 e. The molecule has 0 atom stereocenters. The first-order valence-electron chi connectivity index (χ1n) is 6.98. The summed E-state index contributed by atoms with van der Waals surface area (Å²) in [5.41, 5.74) is 3.44. The molecule has 106 valence electrons. The molecule has 0 bridgehead atoms. The van der Waals surface area contributed by atoms with Crippen LogP contribution in [0.1, 0.15) is 25.0 Å². The first-order valence-corrected chi connectivity index (χ1v) is 6.98. The van der Waals surface area contributed by atoms with Crippen LogP contribution in [0.4, 0.5) is 5.82 Å². The monoisotopic (exact) mass is 271 g/mol. The Morgan fingerprint density at radius 1 is 1.25 bits per heavy atom. The number of hydrogen-bond acceptors (Lipinski definition) is 3. The second kappa shape index (κ2) is 6.37. The van der Waals surface area contributed by atoms with Gasteiger partial charge in [0.15, 0.2) is 0 Å². The molecule has 0 saturated heterocycles. The second-order valence-corrected chi connectivity index (χ2v) is 4.94. The lowest BCUT2D eigenvalue weighted by Crippen LogP contribution is -2.26. The van der Waals surface area contributed by atoms with Crippen molar-refractivity contribution in [2.24, 2.45) is 0 Å². The van der Waals surface area contributed by atoms with E-state index in [4.69, 9.17) is 0 Å². The molecule has 4 nitrogen and oxygen atoms in total. The van der Waals surface area contributed by atoms with Gasteiger partial charge in [0.25, 0.3) is 0 Å². The lowest BCUT2D eigenvalue weighted by molar-refractivity contribution is -0.118. The van der Waals surface area contributed by atoms with Crippen LogP contribution in [0.5, 0.6) is 0 Å². The Morgan fingerprint density at radius 2 is 2.05 bits per heavy atom. The number of nitrogens with zero attached hydrogens (tertiary/aromatic N) is 1. The molecule has 2 rings (SSSR count). The molecule has 2 N–H and O–H groups in total. The van der Waals surface area contributed by atoms with Crippen molar-refractivity contribution in [2.75, 3.05) is 18.4 Å². The summed E-state index contributed by atoms with van der Waals surface area (Å²) >= 11 is 0. The highest BCUT2D eigenvalue weighted by Gasteiger charge is 2.04. The minimum atomic E-state index is -0.0120. The lowest BCUT2D eigenvalue weighted by Gasteiger charge is -2.11. The minimum Gasteiger partial charge on any atom is -0.368 e. The zero-order valence-corrected chi connectivity index (χ0v) is 12.3. The van der Waals surface area contributed by atoms with E-state index in [0.717, 1.165) is 23.3 Å². The van der Waals surface area contributed by atoms with Gasteiger partial charge in [-0.05, 0) is 42.7 Å². The first-order chi connectivity index (χ1) is 9.60. The average Bonchev–Trinajstić information content (AvgIpc) is 2.43. The number of amides is 1. The summed E-state index contributed by atoms with van der Waals surface area (Å²) in [6.45, 7) is 6.99. The number of anilines is 1. The van der Waals surface area contributed by atoms with Gasteiger partial charge in [0.2, 0.25) is 5.91 Å². The number of benzene rings is 1. The highest BCUT2D eigenvalue weighted by Crippen LogP contribution is 2.21. The van der Waals surface area contributed by atoms with Gasteiger partial charge in [-0.3, -0.25) is 4.79 Å². The lowest BCUT2D eigenvalue weighted by atomic mass is 10.1. The molecule has 1 aromatic heterocycles. The maximum absolute atomic E-state index is 10.8. The van der Waals surface area contributed by atoms with Crippen molar-refractivity contribution in [3.8, 4) is 0 Å². The van der Waals surface area contributed by atoms with Crippen LogP contribution in [-0.4, -0.2) is 24.0 Å². The SMILES string of the molecule is CCc1ccc2nc(NCCNC(C)=O)c(C)cc2c1. The fourth-order valence-corrected chi connectivity index (χ4v) is 2.15. The summed E-state index contributed by atoms with van der Waals surface area (Å²) in [6, 6.07) is 8.52. The molecule has 0 radical (unpaired) electrons. The molecule has 4 heteroatoms. The first kappa shape index (κ1) is 14.3. The van der Waals surface area contributed by atoms with Gasteiger partial charge in [-0.1, -0.05) is 13.0 Å². The van der Waals surface area contributed by atoms with Crippen molar-refractivity contribution >= 4 is 22.6 Å². The zero-order valence-electron chi connectivity index (χ0n) is 12.3. The highest BCUT2D eigenvalue weighted by molar-refractivity contribution is 5.82. The van der Waals surface area contributed by atoms with Crippen LogP contribution >= 0.6 is 0 Å². The number of aryl methyl sites for hydroxylation is 2. The molecule has 1 aromatic carbocycles. The standard InChI is InChI=1S/C16H21N3O/c1-4-13-5-6-15-14(10-13)9-11(2)16(19-15)18-8-7-17-12(3)20/h5-6,9-10H,4,7-8H2,1-3H3,(H,17,20)(H,18,19). The fourth-order valence-electron chi connectivity index (χ4n) is 2.15. The maximum atomic E-state index is 10.8. The van der Waals surface area contributed by atoms with Crippen molar-refractivity contribution in [2.45, 2.75) is 27.2 Å². The average molecular weight is 271 g/mol. The third-order valence-electron chi connectivity index (χ3n) is 3.27. The topological polar surface area (TPSA) is 54.0 Å². The highest BCUT2D eigenvalue weighted by atomic mass is 16.1. The molecule has 0 spiro atoms. The van der Waals surface area contributed by atoms with E-state index in [0.29, 0.717) is 13.1 Å². The van der Waals surface area contributed by atoms with Crippen molar-refractivity contribution in [3.63, 3.8) is 0 Å². The Kier molecular flexibility index (Phi) is 4.56. The Labute approximate surface area is 119 Å². The van der Waals surface area contributed by atoms with Crippen molar-refractivity contribution in [3.05, 3.63) is 35.4 Å². The number of hydrogen-bond donors (Lipinski definition) is 2. The molecule has 1 heterocycles. The third kappa shape index (κ3) is 3.47. The molecule has 20 heavy (non-hydrogen) atoms. The van der Waals surface area contributed by atoms with Crippen LogP contribution in [-0.2, 0) is 11.2 Å². The van der Waals surface area contributed by atoms with Crippen molar-refractivity contribution in [1.82, 2.24) is 10.3 Å². The molecular weight excluding hydrogens is 250 g/mol. The third-order valence-corrected chi connectivity index (χ3v) is 3.27. The van der Waals surface area contributed by atoms with Crippen LogP contribution in [0.3, 0.4) is 0 Å². The van der Waals surface area contributed by atoms with Crippen LogP contribution in [0.25, 0.3) is 10.9 Å². The number of nitrogens with one attached hydrogen (secondary N) is 2. The Hall–Kier alpha value is -2.10. The van der Waals surface area contributed by atoms with E-state index in [1.165, 1.54) is 17.9 Å². The normalized spacial score (nSPS) is 10.6. The number of pyridine rings is 1. The molecule has 0 fully saturated rings. The summed E-state index contributed by atoms with van der Waals surface area (Å²) in [5.74, 6) is 0.870. The van der Waals surface area contributed by atoms with E-state index in [1.54, 1.807) is 0 Å². The van der Waals surface area contributed by atoms with Gasteiger partial charge in [0, 0.05) is 25.4 Å². The Morgan fingerprint density at radius 3 is 2.75 bits per heavy atom. The number of aromatic nitrogens is 1. The molecule has 0 aliphatic rings. The molecular formula is C16H21N3O. The zero-order chi connectivity index (χ0) is 14.5. The summed E-state index contributed by atoms with van der Waals surface area (Å²) in [7, 11) is 0. The molecule has 2 aromatic rings. The molecule has 0 aliphatic heterocycles. The van der Waals surface area contributed by atoms with Gasteiger partial charge in [0.05, 0.1) is 5.52 Å². The van der Waals surface area contributed by atoms with E-state index in [9.17, 15) is 4.79 Å². The number of fused-ring (bicyclic) bond motifs is 1. The molecule has 0 saturated carbocycles. The minimum absolute atomic E-state index is 0.0120. The van der Waals surface area contributed by atoms with Crippen LogP contribution < -0.4 is 10.6 Å². The Bertz CT molecular complexity index is 622. The molecule has 0 unspecified atom stereocenters. The van der Waals surface area contributed by atoms with Gasteiger partial charge in [-0.15, -0.1) is 0 Å². The molecule has 0 aliphatic carbocycles. The van der Waals surface area contributed by atoms with Gasteiger partial charge in [0.1, 0.15) is 5.82 Å². The van der Waals surface area contributed by atoms with Gasteiger partial charge in [-0.25, -0.2) is 4.98 Å². The van der Waals surface area contributed by atoms with E-state index < -0.39 is 0 Å². The number of carbonyl (C=O) groups is 1. The van der Waals surface area contributed by atoms with Gasteiger partial charge < -0.3 is 10.6 Å². The summed E-state index contributed by atoms with van der Waals surface area (Å²) in [5, 5.41) is 7.20. The van der Waals surface area contributed by atoms with Gasteiger partial charge in [-0.2, -0.15) is 0 Å². The van der Waals surface area contributed by atoms with E-state index in [1.807, 2.05) is 6.92 Å². The van der Waals surface area contributed by atoms with Crippen molar-refractivity contribution < 1.29 is 4.79 Å². The van der Waals surface area contributed by atoms with E-state index >= 15 is 0 Å². The van der Waals surface area contributed by atoms with Gasteiger partial charge >= 0.3 is 0 Å². The molecule has 1 amide bonds. The maximum Gasteiger partial charge on any atom is 0.216 e. The van der Waals surface area contributed by atoms with E-state index in [2.05, 4.69) is 46.8 Å². The van der Waals surface area contributed by atoms with Crippen LogP contribution in [0, 0.1) is 6.92 Å². The number of carbonyl (C=O) groups excluding carboxylic acids is 1. The van der Waals surface area contributed by atoms with Crippen LogP contribution in [0.15, 0.2) is 24.3 Å². The summed E-state index contributed by atoms with van der Waals surface area (Å²) < 4.78 is 0. The largest absolute Gasteiger partial charge is 0.368 e.